The van der Waals surface area contributed by atoms with E-state index in [-0.39, 0.29) is 5.76 Å². The number of hydrogen-bond donors (Lipinski definition) is 1. The maximum atomic E-state index is 8.81. The minimum absolute atomic E-state index is 0.144. The predicted molar refractivity (Wildman–Crippen MR) is 54.1 cm³/mol. The summed E-state index contributed by atoms with van der Waals surface area (Å²) < 4.78 is 0. The van der Waals surface area contributed by atoms with Crippen LogP contribution in [0.15, 0.2) is 24.5 Å². The second kappa shape index (κ2) is 5.87. The van der Waals surface area contributed by atoms with Gasteiger partial charge in [0.2, 0.25) is 0 Å². The lowest BCUT2D eigenvalue weighted by molar-refractivity contribution is 0.429. The molecule has 2 atom stereocenters. The Labute approximate surface area is 75.8 Å². The first-order valence-corrected chi connectivity index (χ1v) is 4.62. The first-order chi connectivity index (χ1) is 5.56. The van der Waals surface area contributed by atoms with Crippen molar-refractivity contribution in [1.29, 1.82) is 0 Å². The molecule has 0 aromatic rings. The molecule has 1 unspecified atom stereocenters. The van der Waals surface area contributed by atoms with E-state index in [0.29, 0.717) is 5.92 Å². The van der Waals surface area contributed by atoms with Gasteiger partial charge in [-0.05, 0) is 24.3 Å². The fourth-order valence-electron chi connectivity index (χ4n) is 1.16. The molecular weight excluding hydrogens is 148 g/mol. The molecule has 0 aliphatic carbocycles. The van der Waals surface area contributed by atoms with Crippen molar-refractivity contribution >= 4 is 0 Å². The highest BCUT2D eigenvalue weighted by Crippen LogP contribution is 2.15. The van der Waals surface area contributed by atoms with Crippen LogP contribution in [0.4, 0.5) is 0 Å². The van der Waals surface area contributed by atoms with Gasteiger partial charge < -0.3 is 5.11 Å². The molecular formula is C11H20O. The van der Waals surface area contributed by atoms with Crippen molar-refractivity contribution < 1.29 is 5.11 Å². The number of rotatable bonds is 5. The number of allylic oxidation sites excluding steroid dienone is 2. The van der Waals surface area contributed by atoms with E-state index in [9.17, 15) is 0 Å². The van der Waals surface area contributed by atoms with Gasteiger partial charge in [0.15, 0.2) is 0 Å². The van der Waals surface area contributed by atoms with E-state index in [4.69, 9.17) is 5.11 Å². The monoisotopic (exact) mass is 168 g/mol. The quantitative estimate of drug-likeness (QED) is 0.490. The van der Waals surface area contributed by atoms with E-state index >= 15 is 0 Å². The third-order valence-electron chi connectivity index (χ3n) is 2.09. The summed E-state index contributed by atoms with van der Waals surface area (Å²) in [5, 5.41) is 8.81. The fraction of sp³-hybridized carbons (Fsp3) is 0.636. The highest BCUT2D eigenvalue weighted by atomic mass is 16.3. The Morgan fingerprint density at radius 3 is 2.50 bits per heavy atom. The summed E-state index contributed by atoms with van der Waals surface area (Å²) in [7, 11) is 0. The van der Waals surface area contributed by atoms with Gasteiger partial charge in [-0.3, -0.25) is 0 Å². The number of aliphatic hydroxyl groups is 1. The van der Waals surface area contributed by atoms with Crippen LogP contribution in [0.2, 0.25) is 0 Å². The first kappa shape index (κ1) is 11.3. The highest BCUT2D eigenvalue weighted by molar-refractivity contribution is 5.06. The van der Waals surface area contributed by atoms with Gasteiger partial charge in [0, 0.05) is 0 Å². The number of aliphatic hydroxyl groups excluding tert-OH is 1. The molecule has 0 radical (unpaired) electrons. The summed E-state index contributed by atoms with van der Waals surface area (Å²) in [5.41, 5.74) is 0. The van der Waals surface area contributed by atoms with Gasteiger partial charge in [-0.15, -0.1) is 0 Å². The largest absolute Gasteiger partial charge is 0.509 e. The predicted octanol–water partition coefficient (Wildman–Crippen LogP) is 3.69. The van der Waals surface area contributed by atoms with E-state index in [1.807, 2.05) is 6.08 Å². The summed E-state index contributed by atoms with van der Waals surface area (Å²) in [5.74, 6) is 1.44. The molecule has 0 amide bonds. The summed E-state index contributed by atoms with van der Waals surface area (Å²) >= 11 is 0. The molecule has 0 aromatic heterocycles. The summed E-state index contributed by atoms with van der Waals surface area (Å²) in [6.45, 7) is 10.0. The van der Waals surface area contributed by atoms with Gasteiger partial charge in [0.05, 0.1) is 0 Å². The topological polar surface area (TPSA) is 20.2 Å². The minimum atomic E-state index is 0.144. The Morgan fingerprint density at radius 1 is 1.50 bits per heavy atom. The van der Waals surface area contributed by atoms with Gasteiger partial charge in [-0.25, -0.2) is 0 Å². The van der Waals surface area contributed by atoms with E-state index in [2.05, 4.69) is 27.4 Å². The van der Waals surface area contributed by atoms with Crippen LogP contribution in [-0.2, 0) is 0 Å². The molecule has 1 N–H and O–H groups in total. The SMILES string of the molecule is C=C(O)/C=C/[C@@H](C)CC(C)CC. The van der Waals surface area contributed by atoms with Crippen LogP contribution >= 0.6 is 0 Å². The van der Waals surface area contributed by atoms with Crippen molar-refractivity contribution in [1.82, 2.24) is 0 Å². The molecule has 12 heavy (non-hydrogen) atoms. The molecule has 1 heteroatoms. The average molecular weight is 168 g/mol. The summed E-state index contributed by atoms with van der Waals surface area (Å²) in [6, 6.07) is 0. The zero-order chi connectivity index (χ0) is 9.56. The lowest BCUT2D eigenvalue weighted by Gasteiger charge is -2.11. The van der Waals surface area contributed by atoms with Gasteiger partial charge >= 0.3 is 0 Å². The van der Waals surface area contributed by atoms with Crippen LogP contribution in [-0.4, -0.2) is 5.11 Å². The second-order valence-electron chi connectivity index (χ2n) is 3.58. The normalized spacial score (nSPS) is 16.2. The van der Waals surface area contributed by atoms with Gasteiger partial charge in [0.1, 0.15) is 5.76 Å². The third kappa shape index (κ3) is 6.02. The lowest BCUT2D eigenvalue weighted by atomic mass is 9.95. The average Bonchev–Trinajstić information content (AvgIpc) is 2.00. The maximum Gasteiger partial charge on any atom is 0.108 e. The molecule has 0 bridgehead atoms. The second-order valence-corrected chi connectivity index (χ2v) is 3.58. The number of hydrogen-bond acceptors (Lipinski definition) is 1. The summed E-state index contributed by atoms with van der Waals surface area (Å²) in [4.78, 5) is 0. The van der Waals surface area contributed by atoms with Gasteiger partial charge in [-0.2, -0.15) is 0 Å². The van der Waals surface area contributed by atoms with Crippen molar-refractivity contribution in [2.75, 3.05) is 0 Å². The van der Waals surface area contributed by atoms with E-state index in [1.54, 1.807) is 6.08 Å². The fourth-order valence-corrected chi connectivity index (χ4v) is 1.16. The summed E-state index contributed by atoms with van der Waals surface area (Å²) in [6.07, 6.45) is 6.08. The maximum absolute atomic E-state index is 8.81. The lowest BCUT2D eigenvalue weighted by Crippen LogP contribution is -1.99. The van der Waals surface area contributed by atoms with Crippen LogP contribution in [0, 0.1) is 11.8 Å². The zero-order valence-electron chi connectivity index (χ0n) is 8.38. The van der Waals surface area contributed by atoms with Crippen LogP contribution in [0.3, 0.4) is 0 Å². The van der Waals surface area contributed by atoms with Crippen molar-refractivity contribution in [2.45, 2.75) is 33.6 Å². The van der Waals surface area contributed by atoms with Crippen molar-refractivity contribution in [3.05, 3.63) is 24.5 Å². The Kier molecular flexibility index (Phi) is 5.52. The minimum Gasteiger partial charge on any atom is -0.509 e. The Morgan fingerprint density at radius 2 is 2.08 bits per heavy atom. The molecule has 0 aliphatic rings. The van der Waals surface area contributed by atoms with E-state index < -0.39 is 0 Å². The van der Waals surface area contributed by atoms with E-state index in [0.717, 1.165) is 5.92 Å². The van der Waals surface area contributed by atoms with Gasteiger partial charge in [0.25, 0.3) is 0 Å². The Balaban J connectivity index is 3.72. The van der Waals surface area contributed by atoms with Crippen LogP contribution in [0.25, 0.3) is 0 Å². The molecule has 0 rings (SSSR count). The Bertz CT molecular complexity index is 158. The third-order valence-corrected chi connectivity index (χ3v) is 2.09. The van der Waals surface area contributed by atoms with Crippen LogP contribution in [0.1, 0.15) is 33.6 Å². The van der Waals surface area contributed by atoms with Crippen molar-refractivity contribution in [3.8, 4) is 0 Å². The highest BCUT2D eigenvalue weighted by Gasteiger charge is 2.03. The zero-order valence-corrected chi connectivity index (χ0v) is 8.38. The molecule has 0 saturated heterocycles. The molecule has 1 nitrogen and oxygen atoms in total. The molecule has 70 valence electrons. The molecule has 0 spiro atoms. The van der Waals surface area contributed by atoms with Crippen LogP contribution < -0.4 is 0 Å². The first-order valence-electron chi connectivity index (χ1n) is 4.62. The standard InChI is InChI=1S/C11H20O/c1-5-9(2)8-10(3)6-7-11(4)12/h6-7,9-10,12H,4-5,8H2,1-3H3/b7-6+/t9?,10-/m1/s1. The smallest absolute Gasteiger partial charge is 0.108 e. The van der Waals surface area contributed by atoms with Gasteiger partial charge in [-0.1, -0.05) is 39.8 Å². The van der Waals surface area contributed by atoms with Crippen molar-refractivity contribution in [3.63, 3.8) is 0 Å². The molecule has 0 saturated carbocycles. The van der Waals surface area contributed by atoms with Crippen LogP contribution in [0.5, 0.6) is 0 Å². The van der Waals surface area contributed by atoms with E-state index in [1.165, 1.54) is 12.8 Å². The molecule has 0 aliphatic heterocycles. The Hall–Kier alpha value is -0.720. The molecule has 0 aromatic carbocycles. The molecule has 0 heterocycles. The van der Waals surface area contributed by atoms with Crippen molar-refractivity contribution in [2.24, 2.45) is 11.8 Å². The molecule has 0 fully saturated rings.